The predicted octanol–water partition coefficient (Wildman–Crippen LogP) is 4.22. The van der Waals surface area contributed by atoms with Crippen LogP contribution in [0.25, 0.3) is 6.08 Å². The van der Waals surface area contributed by atoms with Gasteiger partial charge in [0.1, 0.15) is 12.4 Å². The van der Waals surface area contributed by atoms with E-state index in [1.165, 1.54) is 24.1 Å². The zero-order chi connectivity index (χ0) is 27.0. The average molecular weight is 519 g/mol. The molecule has 7 nitrogen and oxygen atoms in total. The number of amides is 2. The van der Waals surface area contributed by atoms with E-state index in [4.69, 9.17) is 9.39 Å². The van der Waals surface area contributed by atoms with Gasteiger partial charge in [0, 0.05) is 7.05 Å². The molecule has 2 heterocycles. The number of carbonyl (C=O) groups is 2. The lowest BCUT2D eigenvalue weighted by molar-refractivity contribution is -0.138. The summed E-state index contributed by atoms with van der Waals surface area (Å²) in [6.45, 7) is 2.20. The van der Waals surface area contributed by atoms with Crippen LogP contribution >= 0.6 is 0 Å². The van der Waals surface area contributed by atoms with E-state index in [-0.39, 0.29) is 30.7 Å². The number of phenolic OH excluding ortho intramolecular Hbond substituents is 1. The number of benzene rings is 2. The molecule has 3 aliphatic rings. The van der Waals surface area contributed by atoms with Crippen molar-refractivity contribution in [3.8, 4) is 11.5 Å². The molecule has 0 saturated carbocycles. The molecule has 0 unspecified atom stereocenters. The number of para-hydroxylation sites is 1. The second-order valence-electron chi connectivity index (χ2n) is 10.4. The fourth-order valence-corrected chi connectivity index (χ4v) is 6.07. The van der Waals surface area contributed by atoms with E-state index < -0.39 is 36.6 Å². The maximum absolute atomic E-state index is 13.8. The summed E-state index contributed by atoms with van der Waals surface area (Å²) in [5.41, 5.74) is 3.50. The van der Waals surface area contributed by atoms with Crippen molar-refractivity contribution in [2.45, 2.75) is 38.6 Å². The molecule has 0 aromatic heterocycles. The summed E-state index contributed by atoms with van der Waals surface area (Å²) in [7, 11) is 0.476. The molecule has 9 heteroatoms. The zero-order valence-corrected chi connectivity index (χ0v) is 21.5. The summed E-state index contributed by atoms with van der Waals surface area (Å²) in [6.07, 6.45) is 3.19. The van der Waals surface area contributed by atoms with Gasteiger partial charge in [0.05, 0.1) is 17.9 Å². The number of likely N-dealkylation sites (tertiary alicyclic amines) is 1. The third-order valence-corrected chi connectivity index (χ3v) is 7.87. The molecule has 0 bridgehead atoms. The van der Waals surface area contributed by atoms with Crippen molar-refractivity contribution in [1.29, 1.82) is 0 Å². The lowest BCUT2D eigenvalue weighted by Gasteiger charge is -2.43. The highest BCUT2D eigenvalue weighted by Gasteiger charge is 2.56. The third-order valence-electron chi connectivity index (χ3n) is 7.87. The molecule has 2 saturated heterocycles. The van der Waals surface area contributed by atoms with Crippen LogP contribution in [-0.2, 0) is 14.2 Å². The number of hydrogen-bond donors (Lipinski definition) is 2. The minimum Gasteiger partial charge on any atom is -0.505 e. The van der Waals surface area contributed by atoms with Gasteiger partial charge in [-0.2, -0.15) is 0 Å². The second kappa shape index (κ2) is 10.7. The van der Waals surface area contributed by atoms with Crippen molar-refractivity contribution >= 4 is 25.0 Å². The van der Waals surface area contributed by atoms with E-state index in [0.29, 0.717) is 30.6 Å². The summed E-state index contributed by atoms with van der Waals surface area (Å²) in [6, 6.07) is 13.6. The van der Waals surface area contributed by atoms with Gasteiger partial charge in [0.15, 0.2) is 11.6 Å². The van der Waals surface area contributed by atoms with Gasteiger partial charge in [0.25, 0.3) is 0 Å². The molecule has 5 rings (SSSR count). The Balaban J connectivity index is 1.43. The lowest BCUT2D eigenvalue weighted by Crippen LogP contribution is -2.46. The van der Waals surface area contributed by atoms with Crippen molar-refractivity contribution in [3.63, 3.8) is 0 Å². The third kappa shape index (κ3) is 5.13. The number of fused-ring (bicyclic) bond motifs is 3. The van der Waals surface area contributed by atoms with Crippen LogP contribution in [-0.4, -0.2) is 53.7 Å². The molecule has 2 amide bonds. The Bertz CT molecular complexity index is 1300. The van der Waals surface area contributed by atoms with E-state index in [0.717, 1.165) is 16.7 Å². The number of nitrogens with zero attached hydrogens (tertiary/aromatic N) is 1. The second-order valence-corrected chi connectivity index (χ2v) is 10.4. The minimum atomic E-state index is -1.05. The van der Waals surface area contributed by atoms with Crippen LogP contribution in [0.4, 0.5) is 4.39 Å². The van der Waals surface area contributed by atoms with Gasteiger partial charge in [0.2, 0.25) is 11.8 Å². The fraction of sp³-hybridized carbons (Fsp3) is 0.379. The standard InChI is InChI=1S/C29H31BFNO6/c1-17(12-18-9-10-24(33)23(31)13-18)8-11-25-26-19(16-37-20-6-4-3-5-7-20)14-21-27(22(26)15-30(36)38-25)29(35)32(2)28(21)34/h3-7,9-10,12-13,21-22,25,27,33,36H,8,11,14-16H2,1-2H3/b17-12+/t21-,22+,25-,27-/m1/s1. The van der Waals surface area contributed by atoms with Crippen LogP contribution in [0.1, 0.15) is 31.7 Å². The number of imide groups is 1. The van der Waals surface area contributed by atoms with Gasteiger partial charge in [-0.15, -0.1) is 0 Å². The Kier molecular flexibility index (Phi) is 7.41. The van der Waals surface area contributed by atoms with Gasteiger partial charge in [-0.3, -0.25) is 14.5 Å². The van der Waals surface area contributed by atoms with Crippen LogP contribution in [0.5, 0.6) is 11.5 Å². The number of hydrogen-bond acceptors (Lipinski definition) is 6. The Hall–Kier alpha value is -3.43. The summed E-state index contributed by atoms with van der Waals surface area (Å²) in [5.74, 6) is -2.05. The fourth-order valence-electron chi connectivity index (χ4n) is 6.07. The molecule has 198 valence electrons. The van der Waals surface area contributed by atoms with Gasteiger partial charge in [-0.1, -0.05) is 35.9 Å². The first kappa shape index (κ1) is 26.2. The summed E-state index contributed by atoms with van der Waals surface area (Å²) in [4.78, 5) is 27.3. The molecular formula is C29H31BFNO6. The molecule has 2 N–H and O–H groups in total. The maximum atomic E-state index is 13.8. The number of ether oxygens (including phenoxy) is 1. The van der Waals surface area contributed by atoms with Crippen molar-refractivity contribution in [2.24, 2.45) is 17.8 Å². The van der Waals surface area contributed by atoms with Gasteiger partial charge < -0.3 is 19.5 Å². The monoisotopic (exact) mass is 519 g/mol. The first-order chi connectivity index (χ1) is 18.2. The number of phenols is 1. The molecule has 0 spiro atoms. The van der Waals surface area contributed by atoms with Crippen LogP contribution < -0.4 is 4.74 Å². The Morgan fingerprint density at radius 1 is 1.18 bits per heavy atom. The highest BCUT2D eigenvalue weighted by atomic mass is 19.1. The van der Waals surface area contributed by atoms with E-state index in [1.807, 2.05) is 43.3 Å². The van der Waals surface area contributed by atoms with Gasteiger partial charge in [-0.25, -0.2) is 4.39 Å². The first-order valence-electron chi connectivity index (χ1n) is 12.9. The Labute approximate surface area is 221 Å². The van der Waals surface area contributed by atoms with Gasteiger partial charge in [-0.05, 0) is 79.4 Å². The molecule has 2 fully saturated rings. The molecule has 1 aliphatic carbocycles. The van der Waals surface area contributed by atoms with Crippen molar-refractivity contribution in [1.82, 2.24) is 4.90 Å². The van der Waals surface area contributed by atoms with Crippen LogP contribution in [0, 0.1) is 23.6 Å². The molecule has 2 aromatic rings. The largest absolute Gasteiger partial charge is 0.505 e. The number of rotatable bonds is 7. The summed E-state index contributed by atoms with van der Waals surface area (Å²) < 4.78 is 25.9. The van der Waals surface area contributed by atoms with E-state index in [2.05, 4.69) is 0 Å². The topological polar surface area (TPSA) is 96.3 Å². The quantitative estimate of drug-likeness (QED) is 0.323. The molecule has 0 radical (unpaired) electrons. The molecular weight excluding hydrogens is 488 g/mol. The molecule has 38 heavy (non-hydrogen) atoms. The highest BCUT2D eigenvalue weighted by Crippen LogP contribution is 2.50. The van der Waals surface area contributed by atoms with E-state index >= 15 is 0 Å². The molecule has 4 atom stereocenters. The maximum Gasteiger partial charge on any atom is 0.455 e. The number of carbonyl (C=O) groups excluding carboxylic acids is 2. The number of allylic oxidation sites excluding steroid dienone is 1. The summed E-state index contributed by atoms with van der Waals surface area (Å²) >= 11 is 0. The Morgan fingerprint density at radius 3 is 2.68 bits per heavy atom. The van der Waals surface area contributed by atoms with Crippen molar-refractivity contribution < 1.29 is 33.5 Å². The number of aromatic hydroxyl groups is 1. The first-order valence-corrected chi connectivity index (χ1v) is 12.9. The minimum absolute atomic E-state index is 0.186. The van der Waals surface area contributed by atoms with E-state index in [9.17, 15) is 24.1 Å². The van der Waals surface area contributed by atoms with Crippen LogP contribution in [0.15, 0.2) is 65.3 Å². The predicted molar refractivity (Wildman–Crippen MR) is 140 cm³/mol. The van der Waals surface area contributed by atoms with E-state index in [1.54, 1.807) is 6.07 Å². The van der Waals surface area contributed by atoms with Crippen molar-refractivity contribution in [2.75, 3.05) is 13.7 Å². The highest BCUT2D eigenvalue weighted by molar-refractivity contribution is 6.43. The van der Waals surface area contributed by atoms with Crippen molar-refractivity contribution in [3.05, 3.63) is 76.6 Å². The zero-order valence-electron chi connectivity index (χ0n) is 21.5. The molecule has 2 aliphatic heterocycles. The molecule has 2 aromatic carbocycles. The SMILES string of the molecule is C/C(=C\c1ccc(O)c(F)c1)CC[C@H]1OB(O)C[C@H]2C1=C(COc1ccccc1)C[C@H]1C(=O)N(C)C(=O)[C@H]12. The summed E-state index contributed by atoms with van der Waals surface area (Å²) in [5, 5.41) is 20.1. The number of halogens is 1. The van der Waals surface area contributed by atoms with Crippen LogP contribution in [0.3, 0.4) is 0 Å². The lowest BCUT2D eigenvalue weighted by atomic mass is 9.58. The van der Waals surface area contributed by atoms with Gasteiger partial charge >= 0.3 is 7.12 Å². The normalized spacial score (nSPS) is 25.5. The smallest absolute Gasteiger partial charge is 0.455 e. The average Bonchev–Trinajstić information content (AvgIpc) is 3.12. The van der Waals surface area contributed by atoms with Crippen LogP contribution in [0.2, 0.25) is 6.32 Å². The Morgan fingerprint density at radius 2 is 1.95 bits per heavy atom.